The summed E-state index contributed by atoms with van der Waals surface area (Å²) in [5.41, 5.74) is 9.09. The lowest BCUT2D eigenvalue weighted by atomic mass is 10.0. The van der Waals surface area contributed by atoms with Gasteiger partial charge in [0.25, 0.3) is 0 Å². The highest BCUT2D eigenvalue weighted by molar-refractivity contribution is 5.65. The molecule has 0 aliphatic heterocycles. The Balaban J connectivity index is 1.97. The van der Waals surface area contributed by atoms with E-state index < -0.39 is 0 Å². The van der Waals surface area contributed by atoms with Crippen molar-refractivity contribution < 1.29 is 0 Å². The molecular formula is C15H17N5. The number of aryl methyl sites for hydroxylation is 1. The van der Waals surface area contributed by atoms with Crippen LogP contribution in [0.15, 0.2) is 42.9 Å². The molecular weight excluding hydrogens is 250 g/mol. The first-order chi connectivity index (χ1) is 9.65. The Bertz CT molecular complexity index is 747. The Hall–Kier alpha value is -2.56. The zero-order valence-electron chi connectivity index (χ0n) is 11.5. The van der Waals surface area contributed by atoms with E-state index in [0.717, 1.165) is 5.65 Å². The predicted molar refractivity (Wildman–Crippen MR) is 80.6 cm³/mol. The minimum Gasteiger partial charge on any atom is -0.382 e. The van der Waals surface area contributed by atoms with Gasteiger partial charge >= 0.3 is 0 Å². The standard InChI is InChI=1S/C15H17N5/c1-10-5-3-4-6-12(10)11(2)18-14-15-17-7-8-20(15)9-13(16)19-14/h3-9,11H,16H2,1-2H3,(H,18,19). The molecule has 0 amide bonds. The van der Waals surface area contributed by atoms with Gasteiger partial charge in [-0.3, -0.25) is 0 Å². The van der Waals surface area contributed by atoms with Gasteiger partial charge in [0.05, 0.1) is 12.2 Å². The topological polar surface area (TPSA) is 68.2 Å². The average molecular weight is 267 g/mol. The maximum atomic E-state index is 5.83. The molecule has 0 saturated carbocycles. The molecule has 1 unspecified atom stereocenters. The lowest BCUT2D eigenvalue weighted by molar-refractivity contribution is 0.864. The van der Waals surface area contributed by atoms with Gasteiger partial charge in [-0.1, -0.05) is 24.3 Å². The molecule has 0 bridgehead atoms. The molecule has 1 atom stereocenters. The van der Waals surface area contributed by atoms with Crippen LogP contribution in [0.4, 0.5) is 11.6 Å². The molecule has 0 radical (unpaired) electrons. The Morgan fingerprint density at radius 3 is 2.90 bits per heavy atom. The Morgan fingerprint density at radius 1 is 1.30 bits per heavy atom. The van der Waals surface area contributed by atoms with Crippen molar-refractivity contribution in [1.82, 2.24) is 14.4 Å². The lowest BCUT2D eigenvalue weighted by Gasteiger charge is -2.17. The Morgan fingerprint density at radius 2 is 2.10 bits per heavy atom. The monoisotopic (exact) mass is 267 g/mol. The third-order valence-electron chi connectivity index (χ3n) is 3.40. The van der Waals surface area contributed by atoms with E-state index in [2.05, 4.69) is 41.3 Å². The van der Waals surface area contributed by atoms with Crippen LogP contribution in [0.5, 0.6) is 0 Å². The summed E-state index contributed by atoms with van der Waals surface area (Å²) in [6.07, 6.45) is 5.35. The number of nitrogen functional groups attached to an aromatic ring is 1. The van der Waals surface area contributed by atoms with Crippen LogP contribution < -0.4 is 11.1 Å². The van der Waals surface area contributed by atoms with Gasteiger partial charge in [0.15, 0.2) is 11.5 Å². The van der Waals surface area contributed by atoms with E-state index >= 15 is 0 Å². The van der Waals surface area contributed by atoms with Gasteiger partial charge in [-0.2, -0.15) is 0 Å². The second-order valence-electron chi connectivity index (χ2n) is 4.90. The fourth-order valence-electron chi connectivity index (χ4n) is 2.40. The number of nitrogens with zero attached hydrogens (tertiary/aromatic N) is 3. The molecule has 102 valence electrons. The normalized spacial score (nSPS) is 12.5. The van der Waals surface area contributed by atoms with E-state index in [9.17, 15) is 0 Å². The maximum absolute atomic E-state index is 5.83. The van der Waals surface area contributed by atoms with Crippen LogP contribution >= 0.6 is 0 Å². The summed E-state index contributed by atoms with van der Waals surface area (Å²) >= 11 is 0. The zero-order chi connectivity index (χ0) is 14.1. The van der Waals surface area contributed by atoms with Gasteiger partial charge < -0.3 is 15.5 Å². The zero-order valence-corrected chi connectivity index (χ0v) is 11.5. The van der Waals surface area contributed by atoms with Crippen LogP contribution in [0.3, 0.4) is 0 Å². The van der Waals surface area contributed by atoms with Crippen molar-refractivity contribution in [2.24, 2.45) is 0 Å². The number of hydrogen-bond donors (Lipinski definition) is 2. The number of nitrogens with two attached hydrogens (primary N) is 1. The van der Waals surface area contributed by atoms with Crippen LogP contribution in [0, 0.1) is 6.92 Å². The van der Waals surface area contributed by atoms with Crippen LogP contribution in [0.2, 0.25) is 0 Å². The molecule has 0 saturated heterocycles. The molecule has 2 aromatic heterocycles. The molecule has 3 aromatic rings. The fraction of sp³-hybridized carbons (Fsp3) is 0.200. The first-order valence-corrected chi connectivity index (χ1v) is 6.56. The van der Waals surface area contributed by atoms with Crippen molar-refractivity contribution in [3.05, 3.63) is 54.0 Å². The van der Waals surface area contributed by atoms with Gasteiger partial charge in [0.1, 0.15) is 5.82 Å². The van der Waals surface area contributed by atoms with E-state index in [1.165, 1.54) is 11.1 Å². The molecule has 5 nitrogen and oxygen atoms in total. The van der Waals surface area contributed by atoms with Crippen molar-refractivity contribution in [2.45, 2.75) is 19.9 Å². The predicted octanol–water partition coefficient (Wildman–Crippen LogP) is 2.79. The highest BCUT2D eigenvalue weighted by Crippen LogP contribution is 2.23. The number of fused-ring (bicyclic) bond motifs is 1. The smallest absolute Gasteiger partial charge is 0.180 e. The lowest BCUT2D eigenvalue weighted by Crippen LogP contribution is -2.11. The Labute approximate surface area is 117 Å². The minimum absolute atomic E-state index is 0.131. The molecule has 0 fully saturated rings. The van der Waals surface area contributed by atoms with Crippen molar-refractivity contribution >= 4 is 17.3 Å². The molecule has 0 aliphatic carbocycles. The largest absolute Gasteiger partial charge is 0.382 e. The molecule has 1 aromatic carbocycles. The number of benzene rings is 1. The summed E-state index contributed by atoms with van der Waals surface area (Å²) in [7, 11) is 0. The van der Waals surface area contributed by atoms with Crippen molar-refractivity contribution in [3.63, 3.8) is 0 Å². The van der Waals surface area contributed by atoms with Gasteiger partial charge in [-0.15, -0.1) is 0 Å². The third-order valence-corrected chi connectivity index (χ3v) is 3.40. The van der Waals surface area contributed by atoms with E-state index in [1.54, 1.807) is 12.4 Å². The van der Waals surface area contributed by atoms with Crippen LogP contribution in [-0.4, -0.2) is 14.4 Å². The summed E-state index contributed by atoms with van der Waals surface area (Å²) in [6, 6.07) is 8.43. The van der Waals surface area contributed by atoms with Gasteiger partial charge in [-0.05, 0) is 25.0 Å². The number of nitrogens with one attached hydrogen (secondary N) is 1. The number of imidazole rings is 1. The Kier molecular flexibility index (Phi) is 3.02. The number of aromatic nitrogens is 3. The van der Waals surface area contributed by atoms with E-state index in [1.807, 2.05) is 22.7 Å². The summed E-state index contributed by atoms with van der Waals surface area (Å²) in [6.45, 7) is 4.21. The molecule has 20 heavy (non-hydrogen) atoms. The number of hydrogen-bond acceptors (Lipinski definition) is 4. The van der Waals surface area contributed by atoms with Gasteiger partial charge in [0.2, 0.25) is 0 Å². The van der Waals surface area contributed by atoms with E-state index in [-0.39, 0.29) is 6.04 Å². The van der Waals surface area contributed by atoms with E-state index in [4.69, 9.17) is 5.73 Å². The van der Waals surface area contributed by atoms with Gasteiger partial charge in [0, 0.05) is 12.4 Å². The first-order valence-electron chi connectivity index (χ1n) is 6.56. The molecule has 0 aliphatic rings. The molecule has 3 rings (SSSR count). The highest BCUT2D eigenvalue weighted by atomic mass is 15.1. The minimum atomic E-state index is 0.131. The molecule has 2 heterocycles. The molecule has 3 N–H and O–H groups in total. The summed E-state index contributed by atoms with van der Waals surface area (Å²) in [5.74, 6) is 1.17. The van der Waals surface area contributed by atoms with Gasteiger partial charge in [-0.25, -0.2) is 9.97 Å². The average Bonchev–Trinajstić information content (AvgIpc) is 2.87. The highest BCUT2D eigenvalue weighted by Gasteiger charge is 2.12. The SMILES string of the molecule is Cc1ccccc1C(C)Nc1nc(N)cn2ccnc12. The van der Waals surface area contributed by atoms with Crippen molar-refractivity contribution in [2.75, 3.05) is 11.1 Å². The van der Waals surface area contributed by atoms with Crippen LogP contribution in [-0.2, 0) is 0 Å². The van der Waals surface area contributed by atoms with Crippen molar-refractivity contribution in [1.29, 1.82) is 0 Å². The fourth-order valence-corrected chi connectivity index (χ4v) is 2.40. The quantitative estimate of drug-likeness (QED) is 0.765. The molecule has 0 spiro atoms. The first kappa shape index (κ1) is 12.5. The summed E-state index contributed by atoms with van der Waals surface area (Å²) < 4.78 is 1.87. The molecule has 5 heteroatoms. The number of anilines is 2. The van der Waals surface area contributed by atoms with Crippen molar-refractivity contribution in [3.8, 4) is 0 Å². The summed E-state index contributed by atoms with van der Waals surface area (Å²) in [5, 5.41) is 3.39. The van der Waals surface area contributed by atoms with Crippen LogP contribution in [0.25, 0.3) is 5.65 Å². The van der Waals surface area contributed by atoms with E-state index in [0.29, 0.717) is 11.6 Å². The maximum Gasteiger partial charge on any atom is 0.180 e. The number of rotatable bonds is 3. The van der Waals surface area contributed by atoms with Crippen LogP contribution in [0.1, 0.15) is 24.1 Å². The second-order valence-corrected chi connectivity index (χ2v) is 4.90. The third kappa shape index (κ3) is 2.18. The second kappa shape index (κ2) is 4.85. The summed E-state index contributed by atoms with van der Waals surface area (Å²) in [4.78, 5) is 8.66.